The van der Waals surface area contributed by atoms with E-state index in [1.165, 1.54) is 30.4 Å². The van der Waals surface area contributed by atoms with E-state index in [9.17, 15) is 0 Å². The highest BCUT2D eigenvalue weighted by molar-refractivity contribution is 6.33. The lowest BCUT2D eigenvalue weighted by Gasteiger charge is -2.23. The first-order valence-electron chi connectivity index (χ1n) is 7.08. The number of nitrogens with two attached hydrogens (primary N) is 1. The first-order valence-corrected chi connectivity index (χ1v) is 7.46. The molecule has 1 aliphatic carbocycles. The third-order valence-corrected chi connectivity index (χ3v) is 4.11. The molecule has 0 spiro atoms. The SMILES string of the molecule is COc1c(CC(C)(C)N)cc2c(c1Cl)CCCCC2. The topological polar surface area (TPSA) is 35.2 Å². The predicted octanol–water partition coefficient (Wildman–Crippen LogP) is 3.90. The van der Waals surface area contributed by atoms with Gasteiger partial charge in [-0.05, 0) is 62.6 Å². The molecule has 0 saturated heterocycles. The van der Waals surface area contributed by atoms with Crippen LogP contribution in [0.2, 0.25) is 5.02 Å². The van der Waals surface area contributed by atoms with Gasteiger partial charge in [-0.2, -0.15) is 0 Å². The summed E-state index contributed by atoms with van der Waals surface area (Å²) in [6.45, 7) is 4.07. The maximum Gasteiger partial charge on any atom is 0.141 e. The minimum atomic E-state index is -0.254. The molecule has 2 nitrogen and oxygen atoms in total. The van der Waals surface area contributed by atoms with Crippen molar-refractivity contribution < 1.29 is 4.74 Å². The minimum Gasteiger partial charge on any atom is -0.495 e. The maximum atomic E-state index is 6.57. The molecule has 19 heavy (non-hydrogen) atoms. The molecule has 3 heteroatoms. The summed E-state index contributed by atoms with van der Waals surface area (Å²) >= 11 is 6.57. The van der Waals surface area contributed by atoms with Gasteiger partial charge in [0.25, 0.3) is 0 Å². The van der Waals surface area contributed by atoms with Crippen molar-refractivity contribution in [2.24, 2.45) is 5.73 Å². The Labute approximate surface area is 121 Å². The van der Waals surface area contributed by atoms with E-state index in [-0.39, 0.29) is 5.54 Å². The van der Waals surface area contributed by atoms with Gasteiger partial charge < -0.3 is 10.5 Å². The van der Waals surface area contributed by atoms with Crippen molar-refractivity contribution in [2.45, 2.75) is 57.9 Å². The van der Waals surface area contributed by atoms with Gasteiger partial charge in [0, 0.05) is 5.54 Å². The summed E-state index contributed by atoms with van der Waals surface area (Å²) in [7, 11) is 1.69. The largest absolute Gasteiger partial charge is 0.495 e. The molecular weight excluding hydrogens is 258 g/mol. The first kappa shape index (κ1) is 14.7. The lowest BCUT2D eigenvalue weighted by atomic mass is 9.91. The Morgan fingerprint density at radius 2 is 1.95 bits per heavy atom. The van der Waals surface area contributed by atoms with Gasteiger partial charge in [0.1, 0.15) is 5.75 Å². The summed E-state index contributed by atoms with van der Waals surface area (Å²) in [5.74, 6) is 0.820. The van der Waals surface area contributed by atoms with Crippen LogP contribution < -0.4 is 10.5 Å². The number of hydrogen-bond acceptors (Lipinski definition) is 2. The van der Waals surface area contributed by atoms with E-state index < -0.39 is 0 Å². The highest BCUT2D eigenvalue weighted by Crippen LogP contribution is 2.38. The van der Waals surface area contributed by atoms with E-state index in [4.69, 9.17) is 22.1 Å². The number of ether oxygens (including phenoxy) is 1. The standard InChI is InChI=1S/C16H24ClNO/c1-16(2,18)10-12-9-11-7-5-4-6-8-13(11)14(17)15(12)19-3/h9H,4-8,10,18H2,1-3H3. The van der Waals surface area contributed by atoms with Crippen molar-refractivity contribution in [3.8, 4) is 5.75 Å². The van der Waals surface area contributed by atoms with E-state index in [1.807, 2.05) is 13.8 Å². The van der Waals surface area contributed by atoms with E-state index in [1.54, 1.807) is 7.11 Å². The van der Waals surface area contributed by atoms with Crippen LogP contribution in [0.4, 0.5) is 0 Å². The quantitative estimate of drug-likeness (QED) is 0.853. The van der Waals surface area contributed by atoms with Gasteiger partial charge in [-0.1, -0.05) is 24.1 Å². The minimum absolute atomic E-state index is 0.254. The average Bonchev–Trinajstić information content (AvgIpc) is 2.52. The number of rotatable bonds is 3. The van der Waals surface area contributed by atoms with Crippen molar-refractivity contribution in [3.63, 3.8) is 0 Å². The molecule has 1 aromatic rings. The molecule has 0 bridgehead atoms. The molecule has 0 aliphatic heterocycles. The lowest BCUT2D eigenvalue weighted by Crippen LogP contribution is -2.34. The maximum absolute atomic E-state index is 6.57. The zero-order valence-electron chi connectivity index (χ0n) is 12.2. The number of methoxy groups -OCH3 is 1. The Balaban J connectivity index is 2.49. The summed E-state index contributed by atoms with van der Waals surface area (Å²) in [6, 6.07) is 2.26. The number of fused-ring (bicyclic) bond motifs is 1. The van der Waals surface area contributed by atoms with Crippen LogP contribution in [0, 0.1) is 0 Å². The third kappa shape index (κ3) is 3.43. The van der Waals surface area contributed by atoms with Crippen LogP contribution in [0.1, 0.15) is 49.8 Å². The molecule has 2 N–H and O–H groups in total. The van der Waals surface area contributed by atoms with Crippen LogP contribution in [-0.2, 0) is 19.3 Å². The number of hydrogen-bond donors (Lipinski definition) is 1. The van der Waals surface area contributed by atoms with Crippen LogP contribution in [0.5, 0.6) is 5.75 Å². The normalized spacial score (nSPS) is 15.8. The van der Waals surface area contributed by atoms with Crippen LogP contribution in [-0.4, -0.2) is 12.6 Å². The van der Waals surface area contributed by atoms with Gasteiger partial charge in [-0.15, -0.1) is 0 Å². The predicted molar refractivity (Wildman–Crippen MR) is 81.2 cm³/mol. The second-order valence-electron chi connectivity index (χ2n) is 6.25. The van der Waals surface area contributed by atoms with E-state index in [0.717, 1.165) is 35.6 Å². The summed E-state index contributed by atoms with van der Waals surface area (Å²) in [5, 5.41) is 0.807. The molecule has 0 atom stereocenters. The molecule has 0 heterocycles. The summed E-state index contributed by atoms with van der Waals surface area (Å²) in [5.41, 5.74) is 9.71. The molecule has 1 aromatic carbocycles. The molecule has 0 unspecified atom stereocenters. The molecule has 0 aromatic heterocycles. The molecule has 1 aliphatic rings. The Hall–Kier alpha value is -0.730. The zero-order valence-corrected chi connectivity index (χ0v) is 12.9. The smallest absolute Gasteiger partial charge is 0.141 e. The fourth-order valence-electron chi connectivity index (χ4n) is 2.91. The number of benzene rings is 1. The molecule has 0 radical (unpaired) electrons. The molecule has 0 fully saturated rings. The lowest BCUT2D eigenvalue weighted by molar-refractivity contribution is 0.402. The molecule has 0 saturated carbocycles. The zero-order chi connectivity index (χ0) is 14.0. The van der Waals surface area contributed by atoms with Crippen molar-refractivity contribution in [2.75, 3.05) is 7.11 Å². The van der Waals surface area contributed by atoms with Gasteiger partial charge in [0.15, 0.2) is 0 Å². The first-order chi connectivity index (χ1) is 8.92. The van der Waals surface area contributed by atoms with Gasteiger partial charge in [0.05, 0.1) is 12.1 Å². The van der Waals surface area contributed by atoms with Crippen molar-refractivity contribution in [1.82, 2.24) is 0 Å². The van der Waals surface area contributed by atoms with Crippen LogP contribution in [0.3, 0.4) is 0 Å². The van der Waals surface area contributed by atoms with Gasteiger partial charge >= 0.3 is 0 Å². The highest BCUT2D eigenvalue weighted by atomic mass is 35.5. The monoisotopic (exact) mass is 281 g/mol. The fraction of sp³-hybridized carbons (Fsp3) is 0.625. The Morgan fingerprint density at radius 1 is 1.26 bits per heavy atom. The molecule has 0 amide bonds. The highest BCUT2D eigenvalue weighted by Gasteiger charge is 2.22. The van der Waals surface area contributed by atoms with E-state index in [2.05, 4.69) is 6.07 Å². The van der Waals surface area contributed by atoms with Crippen molar-refractivity contribution in [1.29, 1.82) is 0 Å². The van der Waals surface area contributed by atoms with Crippen LogP contribution in [0.15, 0.2) is 6.07 Å². The third-order valence-electron chi connectivity index (χ3n) is 3.72. The Morgan fingerprint density at radius 3 is 2.58 bits per heavy atom. The van der Waals surface area contributed by atoms with E-state index >= 15 is 0 Å². The second-order valence-corrected chi connectivity index (χ2v) is 6.62. The van der Waals surface area contributed by atoms with E-state index in [0.29, 0.717) is 0 Å². The fourth-order valence-corrected chi connectivity index (χ4v) is 3.33. The van der Waals surface area contributed by atoms with Gasteiger partial charge in [-0.25, -0.2) is 0 Å². The Bertz CT molecular complexity index is 463. The molecule has 106 valence electrons. The second kappa shape index (κ2) is 5.72. The molecular formula is C16H24ClNO. The number of aryl methyl sites for hydroxylation is 1. The van der Waals surface area contributed by atoms with Gasteiger partial charge in [-0.3, -0.25) is 0 Å². The van der Waals surface area contributed by atoms with Crippen LogP contribution >= 0.6 is 11.6 Å². The molecule has 2 rings (SSSR count). The van der Waals surface area contributed by atoms with Gasteiger partial charge in [0.2, 0.25) is 0 Å². The van der Waals surface area contributed by atoms with Crippen LogP contribution in [0.25, 0.3) is 0 Å². The average molecular weight is 282 g/mol. The Kier molecular flexibility index (Phi) is 4.42. The summed E-state index contributed by atoms with van der Waals surface area (Å²) in [4.78, 5) is 0. The summed E-state index contributed by atoms with van der Waals surface area (Å²) < 4.78 is 5.54. The number of halogens is 1. The summed E-state index contributed by atoms with van der Waals surface area (Å²) in [6.07, 6.45) is 6.72. The van der Waals surface area contributed by atoms with Crippen molar-refractivity contribution in [3.05, 3.63) is 27.8 Å². The van der Waals surface area contributed by atoms with Crippen molar-refractivity contribution >= 4 is 11.6 Å².